The van der Waals surface area contributed by atoms with Crippen molar-refractivity contribution < 1.29 is 4.79 Å². The number of aromatic nitrogens is 2. The topological polar surface area (TPSA) is 42.9 Å². The maximum absolute atomic E-state index is 11.9. The summed E-state index contributed by atoms with van der Waals surface area (Å²) in [4.78, 5) is 11.9. The van der Waals surface area contributed by atoms with Gasteiger partial charge in [0.25, 0.3) is 0 Å². The Labute approximate surface area is 89.9 Å². The number of nitrogens with zero attached hydrogens (tertiary/aromatic N) is 2. The Kier molecular flexibility index (Phi) is 2.55. The zero-order chi connectivity index (χ0) is 10.9. The van der Waals surface area contributed by atoms with Crippen LogP contribution in [0, 0.1) is 12.3 Å². The van der Waals surface area contributed by atoms with Crippen molar-refractivity contribution in [1.29, 1.82) is 0 Å². The van der Waals surface area contributed by atoms with Crippen molar-refractivity contribution in [2.75, 3.05) is 0 Å². The smallest absolute Gasteiger partial charge is 0.183 e. The van der Waals surface area contributed by atoms with Crippen LogP contribution in [0.1, 0.15) is 48.8 Å². The van der Waals surface area contributed by atoms with Gasteiger partial charge in [-0.2, -0.15) is 5.10 Å². The van der Waals surface area contributed by atoms with Crippen molar-refractivity contribution in [3.63, 3.8) is 0 Å². The zero-order valence-electron chi connectivity index (χ0n) is 9.29. The Morgan fingerprint density at radius 2 is 2.13 bits per heavy atom. The molecule has 0 atom stereocenters. The minimum atomic E-state index is 0.129. The molecule has 3 heteroatoms. The molecule has 1 saturated carbocycles. The summed E-state index contributed by atoms with van der Waals surface area (Å²) in [6, 6.07) is 3.61. The first kappa shape index (κ1) is 10.3. The van der Waals surface area contributed by atoms with Crippen LogP contribution in [0.25, 0.3) is 0 Å². The monoisotopic (exact) mass is 204 g/mol. The van der Waals surface area contributed by atoms with Crippen LogP contribution in [0.3, 0.4) is 0 Å². The quantitative estimate of drug-likeness (QED) is 0.710. The van der Waals surface area contributed by atoms with Gasteiger partial charge in [-0.3, -0.25) is 4.79 Å². The summed E-state index contributed by atoms with van der Waals surface area (Å²) < 4.78 is 0. The number of Topliss-reactive ketones (excluding diaryl/α,β-unsaturated/α-hetero) is 1. The molecule has 1 aromatic rings. The van der Waals surface area contributed by atoms with E-state index in [4.69, 9.17) is 0 Å². The van der Waals surface area contributed by atoms with E-state index in [2.05, 4.69) is 17.1 Å². The van der Waals surface area contributed by atoms with E-state index in [0.717, 1.165) is 18.5 Å². The fourth-order valence-electron chi connectivity index (χ4n) is 1.98. The largest absolute Gasteiger partial charge is 0.292 e. The summed E-state index contributed by atoms with van der Waals surface area (Å²) >= 11 is 0. The number of hydrogen-bond acceptors (Lipinski definition) is 3. The number of ketones is 1. The lowest BCUT2D eigenvalue weighted by molar-refractivity contribution is 0.0810. The highest BCUT2D eigenvalue weighted by atomic mass is 16.1. The van der Waals surface area contributed by atoms with Crippen molar-refractivity contribution in [3.8, 4) is 0 Å². The lowest BCUT2D eigenvalue weighted by atomic mass is 9.67. The van der Waals surface area contributed by atoms with E-state index < -0.39 is 0 Å². The molecule has 0 N–H and O–H groups in total. The van der Waals surface area contributed by atoms with Gasteiger partial charge >= 0.3 is 0 Å². The lowest BCUT2D eigenvalue weighted by Crippen LogP contribution is -2.28. The van der Waals surface area contributed by atoms with Gasteiger partial charge in [0, 0.05) is 6.42 Å². The van der Waals surface area contributed by atoms with E-state index in [-0.39, 0.29) is 11.2 Å². The van der Waals surface area contributed by atoms with Gasteiger partial charge < -0.3 is 0 Å². The molecule has 80 valence electrons. The first-order valence-corrected chi connectivity index (χ1v) is 5.43. The Morgan fingerprint density at radius 1 is 1.40 bits per heavy atom. The third-order valence-electron chi connectivity index (χ3n) is 3.23. The number of carbonyl (C=O) groups excluding carboxylic acids is 1. The Hall–Kier alpha value is -1.25. The second kappa shape index (κ2) is 3.72. The van der Waals surface area contributed by atoms with Crippen LogP contribution in [0.15, 0.2) is 12.1 Å². The zero-order valence-corrected chi connectivity index (χ0v) is 9.29. The van der Waals surface area contributed by atoms with E-state index >= 15 is 0 Å². The molecule has 15 heavy (non-hydrogen) atoms. The molecule has 3 nitrogen and oxygen atoms in total. The fourth-order valence-corrected chi connectivity index (χ4v) is 1.98. The van der Waals surface area contributed by atoms with E-state index in [9.17, 15) is 4.79 Å². The molecule has 0 aliphatic heterocycles. The van der Waals surface area contributed by atoms with Gasteiger partial charge in [-0.25, -0.2) is 0 Å². The average Bonchev–Trinajstić information content (AvgIpc) is 2.16. The molecule has 0 unspecified atom stereocenters. The molecule has 1 aliphatic carbocycles. The van der Waals surface area contributed by atoms with Crippen LogP contribution in [0.2, 0.25) is 0 Å². The summed E-state index contributed by atoms with van der Waals surface area (Å²) in [5.41, 5.74) is 1.58. The van der Waals surface area contributed by atoms with Crippen molar-refractivity contribution >= 4 is 5.78 Å². The summed E-state index contributed by atoms with van der Waals surface area (Å²) in [6.45, 7) is 4.05. The van der Waals surface area contributed by atoms with Gasteiger partial charge in [-0.15, -0.1) is 5.10 Å². The van der Waals surface area contributed by atoms with Crippen LogP contribution in [0.4, 0.5) is 0 Å². The minimum Gasteiger partial charge on any atom is -0.292 e. The molecule has 0 amide bonds. The van der Waals surface area contributed by atoms with Gasteiger partial charge in [0.2, 0.25) is 0 Å². The van der Waals surface area contributed by atoms with Crippen LogP contribution in [-0.2, 0) is 0 Å². The molecule has 1 aromatic heterocycles. The molecule has 0 aromatic carbocycles. The van der Waals surface area contributed by atoms with Crippen molar-refractivity contribution in [1.82, 2.24) is 10.2 Å². The van der Waals surface area contributed by atoms with E-state index in [1.807, 2.05) is 13.0 Å². The number of hydrogen-bond donors (Lipinski definition) is 0. The summed E-state index contributed by atoms with van der Waals surface area (Å²) in [5, 5.41) is 7.82. The lowest BCUT2D eigenvalue weighted by Gasteiger charge is -2.37. The predicted octanol–water partition coefficient (Wildman–Crippen LogP) is 2.55. The van der Waals surface area contributed by atoms with Crippen LogP contribution in [-0.4, -0.2) is 16.0 Å². The van der Waals surface area contributed by atoms with Gasteiger partial charge in [0.05, 0.1) is 5.69 Å². The van der Waals surface area contributed by atoms with E-state index in [1.165, 1.54) is 6.42 Å². The summed E-state index contributed by atoms with van der Waals surface area (Å²) in [7, 11) is 0. The van der Waals surface area contributed by atoms with E-state index in [1.54, 1.807) is 6.07 Å². The first-order chi connectivity index (χ1) is 7.09. The van der Waals surface area contributed by atoms with Crippen LogP contribution < -0.4 is 0 Å². The van der Waals surface area contributed by atoms with Crippen LogP contribution >= 0.6 is 0 Å². The molecular formula is C12H16N2O. The average molecular weight is 204 g/mol. The first-order valence-electron chi connectivity index (χ1n) is 5.43. The molecule has 0 saturated heterocycles. The Morgan fingerprint density at radius 3 is 2.60 bits per heavy atom. The highest BCUT2D eigenvalue weighted by molar-refractivity contribution is 5.94. The molecular weight excluding hydrogens is 188 g/mol. The molecule has 1 fully saturated rings. The standard InChI is InChI=1S/C12H16N2O/c1-9-4-5-10(14-13-9)11(15)8-12(2)6-3-7-12/h4-5H,3,6-8H2,1-2H3. The molecule has 0 bridgehead atoms. The highest BCUT2D eigenvalue weighted by Gasteiger charge is 2.34. The van der Waals surface area contributed by atoms with Gasteiger partial charge in [-0.05, 0) is 37.3 Å². The van der Waals surface area contributed by atoms with Crippen LogP contribution in [0.5, 0.6) is 0 Å². The Balaban J connectivity index is 2.04. The van der Waals surface area contributed by atoms with Gasteiger partial charge in [-0.1, -0.05) is 13.3 Å². The molecule has 2 rings (SSSR count). The highest BCUT2D eigenvalue weighted by Crippen LogP contribution is 2.43. The SMILES string of the molecule is Cc1ccc(C(=O)CC2(C)CCC2)nn1. The molecule has 1 heterocycles. The molecule has 0 radical (unpaired) electrons. The van der Waals surface area contributed by atoms with Crippen molar-refractivity contribution in [3.05, 3.63) is 23.5 Å². The maximum atomic E-state index is 11.9. The summed E-state index contributed by atoms with van der Waals surface area (Å²) in [6.07, 6.45) is 4.20. The number of aryl methyl sites for hydroxylation is 1. The van der Waals surface area contributed by atoms with E-state index in [0.29, 0.717) is 12.1 Å². The predicted molar refractivity (Wildman–Crippen MR) is 57.7 cm³/mol. The third kappa shape index (κ3) is 2.22. The number of rotatable bonds is 3. The van der Waals surface area contributed by atoms with Gasteiger partial charge in [0.1, 0.15) is 5.69 Å². The van der Waals surface area contributed by atoms with Crippen molar-refractivity contribution in [2.24, 2.45) is 5.41 Å². The number of carbonyl (C=O) groups is 1. The fraction of sp³-hybridized carbons (Fsp3) is 0.583. The minimum absolute atomic E-state index is 0.129. The van der Waals surface area contributed by atoms with Gasteiger partial charge in [0.15, 0.2) is 5.78 Å². The normalized spacial score (nSPS) is 18.3. The maximum Gasteiger partial charge on any atom is 0.183 e. The summed E-state index contributed by atoms with van der Waals surface area (Å²) in [5.74, 6) is 0.129. The molecule has 0 spiro atoms. The van der Waals surface area contributed by atoms with Crippen molar-refractivity contribution in [2.45, 2.75) is 39.5 Å². The Bertz CT molecular complexity index is 366. The second-order valence-electron chi connectivity index (χ2n) is 4.82. The molecule has 1 aliphatic rings. The second-order valence-corrected chi connectivity index (χ2v) is 4.82. The third-order valence-corrected chi connectivity index (χ3v) is 3.23.